The number of allylic oxidation sites excluding steroid dienone is 28. The third-order valence-corrected chi connectivity index (χ3v) is 15.5. The number of rotatable bonds is 67. The summed E-state index contributed by atoms with van der Waals surface area (Å²) >= 11 is 0. The van der Waals surface area contributed by atoms with Gasteiger partial charge in [-0.25, -0.2) is 0 Å². The molecule has 93 heavy (non-hydrogen) atoms. The Labute approximate surface area is 571 Å². The van der Waals surface area contributed by atoms with Crippen molar-refractivity contribution in [1.82, 2.24) is 0 Å². The van der Waals surface area contributed by atoms with Crippen LogP contribution in [0.4, 0.5) is 0 Å². The highest BCUT2D eigenvalue weighted by Crippen LogP contribution is 2.17. The maximum Gasteiger partial charge on any atom is 0.306 e. The second kappa shape index (κ2) is 72.5. The van der Waals surface area contributed by atoms with Crippen LogP contribution in [-0.4, -0.2) is 82.3 Å². The molecule has 526 valence electrons. The van der Waals surface area contributed by atoms with Crippen LogP contribution in [0.2, 0.25) is 0 Å². The molecule has 0 spiro atoms. The molecular weight excluding hydrogens is 1150 g/mol. The van der Waals surface area contributed by atoms with Crippen molar-refractivity contribution in [2.75, 3.05) is 47.5 Å². The Morgan fingerprint density at radius 2 is 0.581 bits per heavy atom. The van der Waals surface area contributed by atoms with Crippen molar-refractivity contribution in [2.45, 2.75) is 296 Å². The molecule has 0 fully saturated rings. The zero-order valence-electron chi connectivity index (χ0n) is 60.1. The topological polar surface area (TPSA) is 111 Å². The fourth-order valence-electron chi connectivity index (χ4n) is 9.85. The number of nitrogens with zero attached hydrogens (tertiary/aromatic N) is 1. The van der Waals surface area contributed by atoms with E-state index in [1.54, 1.807) is 0 Å². The SMILES string of the molecule is CC/C=C\C/C=C\C/C=C\C/C=C\C/C=C\C/C=C\C/C=C\CCCCCCCCCCCCCCCCCC(=O)OC(COC(=O)CCCCCCCCCCC/C=C\C/C=C\C/C=C\C/C=C\C/C=C\C/C=C\C/C=C\CC)COC(OCC[N+](C)(C)C)C(=O)[O-]. The maximum absolute atomic E-state index is 13.0. The van der Waals surface area contributed by atoms with Crippen LogP contribution in [0.1, 0.15) is 284 Å². The number of carbonyl (C=O) groups is 3. The summed E-state index contributed by atoms with van der Waals surface area (Å²) in [5.41, 5.74) is 0. The highest BCUT2D eigenvalue weighted by atomic mass is 16.7. The zero-order valence-corrected chi connectivity index (χ0v) is 60.1. The molecule has 0 amide bonds. The number of hydrogen-bond acceptors (Lipinski definition) is 8. The van der Waals surface area contributed by atoms with E-state index in [1.807, 2.05) is 21.1 Å². The minimum absolute atomic E-state index is 0.139. The number of hydrogen-bond donors (Lipinski definition) is 0. The summed E-state index contributed by atoms with van der Waals surface area (Å²) in [5, 5.41) is 11.8. The van der Waals surface area contributed by atoms with Crippen molar-refractivity contribution in [2.24, 2.45) is 0 Å². The van der Waals surface area contributed by atoms with Gasteiger partial charge in [0.25, 0.3) is 0 Å². The van der Waals surface area contributed by atoms with Gasteiger partial charge in [0.15, 0.2) is 12.4 Å². The van der Waals surface area contributed by atoms with Crippen LogP contribution < -0.4 is 5.11 Å². The van der Waals surface area contributed by atoms with Gasteiger partial charge in [0.1, 0.15) is 13.2 Å². The minimum atomic E-state index is -1.63. The lowest BCUT2D eigenvalue weighted by Gasteiger charge is -2.26. The molecule has 2 unspecified atom stereocenters. The number of ether oxygens (including phenoxy) is 4. The fraction of sp³-hybridized carbons (Fsp3) is 0.631. The first kappa shape index (κ1) is 87.7. The van der Waals surface area contributed by atoms with Crippen LogP contribution >= 0.6 is 0 Å². The summed E-state index contributed by atoms with van der Waals surface area (Å²) in [7, 11) is 5.92. The highest BCUT2D eigenvalue weighted by Gasteiger charge is 2.22. The lowest BCUT2D eigenvalue weighted by molar-refractivity contribution is -0.870. The van der Waals surface area contributed by atoms with Gasteiger partial charge in [-0.1, -0.05) is 312 Å². The van der Waals surface area contributed by atoms with Crippen molar-refractivity contribution >= 4 is 17.9 Å². The second-order valence-corrected chi connectivity index (χ2v) is 25.5. The largest absolute Gasteiger partial charge is 0.545 e. The first-order valence-electron chi connectivity index (χ1n) is 37.3. The van der Waals surface area contributed by atoms with Gasteiger partial charge in [-0.15, -0.1) is 0 Å². The molecule has 0 aromatic rings. The Bertz CT molecular complexity index is 2140. The van der Waals surface area contributed by atoms with E-state index in [2.05, 4.69) is 184 Å². The Kier molecular flexibility index (Phi) is 68.3. The van der Waals surface area contributed by atoms with Crippen LogP contribution in [0, 0.1) is 0 Å². The molecule has 0 saturated heterocycles. The van der Waals surface area contributed by atoms with E-state index in [9.17, 15) is 19.5 Å². The average Bonchev–Trinajstić information content (AvgIpc) is 3.73. The molecule has 9 heteroatoms. The van der Waals surface area contributed by atoms with Crippen LogP contribution in [0.3, 0.4) is 0 Å². The third kappa shape index (κ3) is 73.9. The smallest absolute Gasteiger partial charge is 0.306 e. The number of unbranched alkanes of at least 4 members (excludes halogenated alkanes) is 24. The summed E-state index contributed by atoms with van der Waals surface area (Å²) in [6.07, 6.45) is 106. The molecule has 0 N–H and O–H groups in total. The number of carboxylic acids is 1. The van der Waals surface area contributed by atoms with Gasteiger partial charge in [0.2, 0.25) is 0 Å². The molecule has 0 saturated carbocycles. The molecule has 0 aliphatic carbocycles. The summed E-state index contributed by atoms with van der Waals surface area (Å²) in [6, 6.07) is 0. The van der Waals surface area contributed by atoms with E-state index < -0.39 is 24.3 Å². The maximum atomic E-state index is 13.0. The number of aliphatic carboxylic acids is 1. The predicted molar refractivity (Wildman–Crippen MR) is 398 cm³/mol. The molecule has 2 atom stereocenters. The lowest BCUT2D eigenvalue weighted by atomic mass is 10.0. The molecular formula is C84H137NO8. The Hall–Kier alpha value is -5.35. The first-order valence-corrected chi connectivity index (χ1v) is 37.3. The standard InChI is InChI=1S/C84H137NO8/c1-6-8-10-12-14-16-18-20-22-24-26-28-30-32-34-36-38-39-40-41-42-43-45-47-49-51-53-55-57-59-61-63-65-67-69-71-73-75-82(87)93-80(79-92-84(83(88)89)90-77-76-85(3,4)5)78-91-81(86)74-72-70-68-66-64-62-60-58-56-54-52-50-48-46-44-37-35-33-31-29-27-25-23-21-19-17-15-13-11-9-7-2/h8-11,14-17,20-23,26-29,32-35,38-39,41-42,44,46,50,52,80,84H,6-7,12-13,18-19,24-25,30-31,36-37,40,43,45,47-49,51,53-79H2,1-5H3/b10-8-,11-9-,16-14-,17-15-,22-20-,23-21-,28-26-,29-27-,34-32-,35-33-,39-38-,42-41-,46-44-,52-50-. The van der Waals surface area contributed by atoms with Crippen molar-refractivity contribution in [3.05, 3.63) is 170 Å². The van der Waals surface area contributed by atoms with Crippen LogP contribution in [0.5, 0.6) is 0 Å². The summed E-state index contributed by atoms with van der Waals surface area (Å²) in [6.45, 7) is 4.51. The van der Waals surface area contributed by atoms with Crippen molar-refractivity contribution in [1.29, 1.82) is 0 Å². The van der Waals surface area contributed by atoms with E-state index in [-0.39, 0.29) is 38.6 Å². The van der Waals surface area contributed by atoms with E-state index in [0.29, 0.717) is 17.4 Å². The van der Waals surface area contributed by atoms with Gasteiger partial charge in [-0.3, -0.25) is 9.59 Å². The van der Waals surface area contributed by atoms with Crippen molar-refractivity contribution < 1.29 is 42.9 Å². The van der Waals surface area contributed by atoms with Crippen molar-refractivity contribution in [3.8, 4) is 0 Å². The van der Waals surface area contributed by atoms with Gasteiger partial charge in [-0.05, 0) is 128 Å². The van der Waals surface area contributed by atoms with Gasteiger partial charge in [0, 0.05) is 12.8 Å². The highest BCUT2D eigenvalue weighted by molar-refractivity contribution is 5.70. The third-order valence-electron chi connectivity index (χ3n) is 15.5. The molecule has 9 nitrogen and oxygen atoms in total. The molecule has 0 aromatic heterocycles. The summed E-state index contributed by atoms with van der Waals surface area (Å²) in [5.74, 6) is -2.30. The van der Waals surface area contributed by atoms with Gasteiger partial charge < -0.3 is 33.3 Å². The quantitative estimate of drug-likeness (QED) is 0.0195. The monoisotopic (exact) mass is 1290 g/mol. The minimum Gasteiger partial charge on any atom is -0.545 e. The van der Waals surface area contributed by atoms with E-state index >= 15 is 0 Å². The summed E-state index contributed by atoms with van der Waals surface area (Å²) in [4.78, 5) is 37.6. The molecule has 0 bridgehead atoms. The number of carbonyl (C=O) groups excluding carboxylic acids is 3. The fourth-order valence-corrected chi connectivity index (χ4v) is 9.85. The van der Waals surface area contributed by atoms with Gasteiger partial charge >= 0.3 is 11.9 Å². The number of likely N-dealkylation sites (N-methyl/N-ethyl adjacent to an activating group) is 1. The zero-order chi connectivity index (χ0) is 67.5. The predicted octanol–water partition coefficient (Wildman–Crippen LogP) is 22.5. The molecule has 0 heterocycles. The Morgan fingerprint density at radius 3 is 0.860 bits per heavy atom. The van der Waals surface area contributed by atoms with Crippen LogP contribution in [0.25, 0.3) is 0 Å². The average molecular weight is 1290 g/mol. The van der Waals surface area contributed by atoms with E-state index in [1.165, 1.54) is 109 Å². The number of esters is 2. The number of quaternary nitrogens is 1. The molecule has 0 aliphatic heterocycles. The van der Waals surface area contributed by atoms with Gasteiger partial charge in [-0.2, -0.15) is 0 Å². The molecule has 0 rings (SSSR count). The Morgan fingerprint density at radius 1 is 0.323 bits per heavy atom. The normalized spacial score (nSPS) is 13.7. The number of carboxylic acid groups (broad SMARTS) is 1. The Balaban J connectivity index is 4.14. The molecule has 0 aromatic carbocycles. The molecule has 0 aliphatic rings. The van der Waals surface area contributed by atoms with E-state index in [4.69, 9.17) is 18.9 Å². The van der Waals surface area contributed by atoms with E-state index in [0.717, 1.165) is 141 Å². The second-order valence-electron chi connectivity index (χ2n) is 25.5. The van der Waals surface area contributed by atoms with Crippen molar-refractivity contribution in [3.63, 3.8) is 0 Å². The summed E-state index contributed by atoms with van der Waals surface area (Å²) < 4.78 is 22.8. The van der Waals surface area contributed by atoms with Crippen LogP contribution in [-0.2, 0) is 33.3 Å². The lowest BCUT2D eigenvalue weighted by Crippen LogP contribution is -2.44. The van der Waals surface area contributed by atoms with Gasteiger partial charge in [0.05, 0.1) is 40.3 Å². The first-order chi connectivity index (χ1) is 45.6. The molecule has 0 radical (unpaired) electrons. The van der Waals surface area contributed by atoms with Crippen LogP contribution in [0.15, 0.2) is 170 Å².